The molecule has 0 aromatic heterocycles. The fourth-order valence-corrected chi connectivity index (χ4v) is 7.42. The number of benzene rings is 5. The monoisotopic (exact) mass is 442 g/mol. The topological polar surface area (TPSA) is 0 Å². The van der Waals surface area contributed by atoms with E-state index >= 15 is 0 Å². The molecule has 162 valence electrons. The molecular weight excluding hydrogens is 420 g/mol. The van der Waals surface area contributed by atoms with Crippen LogP contribution in [0.3, 0.4) is 0 Å². The fourth-order valence-electron chi connectivity index (χ4n) is 7.42. The van der Waals surface area contributed by atoms with E-state index in [-0.39, 0.29) is 0 Å². The maximum Gasteiger partial charge on any atom is 0.0361 e. The summed E-state index contributed by atoms with van der Waals surface area (Å²) >= 11 is 0. The predicted octanol–water partition coefficient (Wildman–Crippen LogP) is 8.50. The Morgan fingerprint density at radius 1 is 0.486 bits per heavy atom. The molecule has 0 heteroatoms. The van der Waals surface area contributed by atoms with Gasteiger partial charge in [0.15, 0.2) is 0 Å². The average Bonchev–Trinajstić information content (AvgIpc) is 3.59. The first-order valence-corrected chi connectivity index (χ1v) is 12.7. The lowest BCUT2D eigenvalue weighted by Gasteiger charge is -2.32. The van der Waals surface area contributed by atoms with Crippen LogP contribution in [0.2, 0.25) is 0 Å². The summed E-state index contributed by atoms with van der Waals surface area (Å²) in [5.41, 5.74) is 21.9. The van der Waals surface area contributed by atoms with Crippen LogP contribution in [0.15, 0.2) is 97.1 Å². The second kappa shape index (κ2) is 6.29. The van der Waals surface area contributed by atoms with Gasteiger partial charge in [0.05, 0.1) is 0 Å². The van der Waals surface area contributed by atoms with Crippen LogP contribution in [0.25, 0.3) is 45.0 Å². The molecule has 0 amide bonds. The van der Waals surface area contributed by atoms with Crippen LogP contribution in [0.4, 0.5) is 0 Å². The summed E-state index contributed by atoms with van der Waals surface area (Å²) in [4.78, 5) is 0. The molecule has 1 atom stereocenters. The van der Waals surface area contributed by atoms with E-state index in [0.717, 1.165) is 12.8 Å². The molecule has 0 nitrogen and oxygen atoms in total. The normalized spacial score (nSPS) is 16.8. The highest BCUT2D eigenvalue weighted by Crippen LogP contribution is 2.59. The molecule has 9 rings (SSSR count). The molecule has 0 N–H and O–H groups in total. The van der Waals surface area contributed by atoms with Crippen LogP contribution < -0.4 is 0 Å². The first kappa shape index (κ1) is 18.2. The van der Waals surface area contributed by atoms with Gasteiger partial charge in [-0.1, -0.05) is 97.1 Å². The van der Waals surface area contributed by atoms with Crippen LogP contribution in [0, 0.1) is 0 Å². The number of hydrogen-bond acceptors (Lipinski definition) is 0. The first-order valence-electron chi connectivity index (χ1n) is 12.7. The zero-order chi connectivity index (χ0) is 22.7. The van der Waals surface area contributed by atoms with Gasteiger partial charge in [0, 0.05) is 5.92 Å². The SMILES string of the molecule is C1=C2c3c(ccc4c3Cc3ccccc3-4)-c3ccc4c(c3C2c2ccccc21)Cc1ccccc1-4. The third-order valence-electron chi connectivity index (χ3n) is 8.82. The van der Waals surface area contributed by atoms with E-state index < -0.39 is 0 Å². The molecule has 0 aliphatic heterocycles. The van der Waals surface area contributed by atoms with Crippen molar-refractivity contribution in [3.63, 3.8) is 0 Å². The minimum atomic E-state index is 0.313. The summed E-state index contributed by atoms with van der Waals surface area (Å²) in [5, 5.41) is 0. The highest BCUT2D eigenvalue weighted by Gasteiger charge is 2.40. The van der Waals surface area contributed by atoms with E-state index in [4.69, 9.17) is 0 Å². The van der Waals surface area contributed by atoms with Gasteiger partial charge < -0.3 is 0 Å². The highest BCUT2D eigenvalue weighted by atomic mass is 14.4. The van der Waals surface area contributed by atoms with Crippen molar-refractivity contribution < 1.29 is 0 Å². The molecule has 4 aliphatic rings. The Balaban J connectivity index is 1.38. The lowest BCUT2D eigenvalue weighted by molar-refractivity contribution is 1.01. The van der Waals surface area contributed by atoms with Gasteiger partial charge in [0.25, 0.3) is 0 Å². The van der Waals surface area contributed by atoms with Crippen molar-refractivity contribution in [1.29, 1.82) is 0 Å². The molecule has 5 aromatic rings. The summed E-state index contributed by atoms with van der Waals surface area (Å²) in [6.45, 7) is 0. The molecule has 0 saturated carbocycles. The van der Waals surface area contributed by atoms with Crippen molar-refractivity contribution in [2.75, 3.05) is 0 Å². The lowest BCUT2D eigenvalue weighted by Crippen LogP contribution is -2.14. The minimum absolute atomic E-state index is 0.313. The molecule has 0 spiro atoms. The van der Waals surface area contributed by atoms with Crippen molar-refractivity contribution in [2.45, 2.75) is 18.8 Å². The zero-order valence-electron chi connectivity index (χ0n) is 19.3. The Morgan fingerprint density at radius 2 is 1.09 bits per heavy atom. The Labute approximate surface area is 205 Å². The Bertz CT molecular complexity index is 1800. The largest absolute Gasteiger partial charge is 0.0619 e. The first-order chi connectivity index (χ1) is 17.4. The van der Waals surface area contributed by atoms with Gasteiger partial charge in [-0.15, -0.1) is 0 Å². The van der Waals surface area contributed by atoms with E-state index in [2.05, 4.69) is 103 Å². The van der Waals surface area contributed by atoms with Crippen LogP contribution in [0.1, 0.15) is 50.4 Å². The number of hydrogen-bond donors (Lipinski definition) is 0. The maximum absolute atomic E-state index is 2.49. The van der Waals surface area contributed by atoms with E-state index in [1.54, 1.807) is 0 Å². The van der Waals surface area contributed by atoms with E-state index in [9.17, 15) is 0 Å². The van der Waals surface area contributed by atoms with Gasteiger partial charge in [0.2, 0.25) is 0 Å². The van der Waals surface area contributed by atoms with Crippen molar-refractivity contribution in [3.05, 3.63) is 142 Å². The fraction of sp³-hybridized carbons (Fsp3) is 0.0857. The Hall–Kier alpha value is -4.16. The maximum atomic E-state index is 2.49. The van der Waals surface area contributed by atoms with Crippen molar-refractivity contribution in [1.82, 2.24) is 0 Å². The Morgan fingerprint density at radius 3 is 1.89 bits per heavy atom. The third-order valence-corrected chi connectivity index (χ3v) is 8.82. The smallest absolute Gasteiger partial charge is 0.0361 e. The van der Waals surface area contributed by atoms with Crippen molar-refractivity contribution >= 4 is 11.6 Å². The summed E-state index contributed by atoms with van der Waals surface area (Å²) < 4.78 is 0. The summed E-state index contributed by atoms with van der Waals surface area (Å²) in [7, 11) is 0. The molecule has 5 aromatic carbocycles. The van der Waals surface area contributed by atoms with Crippen LogP contribution in [0.5, 0.6) is 0 Å². The van der Waals surface area contributed by atoms with Crippen LogP contribution in [-0.2, 0) is 12.8 Å². The molecule has 0 radical (unpaired) electrons. The quantitative estimate of drug-likeness (QED) is 0.221. The summed E-state index contributed by atoms with van der Waals surface area (Å²) in [6.07, 6.45) is 4.56. The van der Waals surface area contributed by atoms with Gasteiger partial charge in [-0.25, -0.2) is 0 Å². The van der Waals surface area contributed by atoms with E-state index in [1.165, 1.54) is 83.5 Å². The van der Waals surface area contributed by atoms with Gasteiger partial charge in [-0.2, -0.15) is 0 Å². The molecule has 4 aliphatic carbocycles. The molecule has 0 heterocycles. The molecular formula is C35H22. The van der Waals surface area contributed by atoms with Gasteiger partial charge >= 0.3 is 0 Å². The van der Waals surface area contributed by atoms with E-state index in [0.29, 0.717) is 5.92 Å². The molecule has 0 bridgehead atoms. The zero-order valence-corrected chi connectivity index (χ0v) is 19.3. The second-order valence-corrected chi connectivity index (χ2v) is 10.4. The standard InChI is InChI=1S/C35H22/c1-4-10-23-20(7-1)17-30-26(23)13-15-28-29-16-14-27-24-11-5-2-8-21(24)18-31(27)35(29)34-25-12-6-3-9-22(25)19-32(34)33(28)30/h1-16,19,34H,17-18H2. The molecule has 0 fully saturated rings. The molecule has 0 saturated heterocycles. The number of allylic oxidation sites excluding steroid dienone is 1. The highest BCUT2D eigenvalue weighted by molar-refractivity contribution is 6.06. The van der Waals surface area contributed by atoms with Crippen molar-refractivity contribution in [2.24, 2.45) is 0 Å². The van der Waals surface area contributed by atoms with Crippen LogP contribution in [-0.4, -0.2) is 0 Å². The van der Waals surface area contributed by atoms with Crippen LogP contribution >= 0.6 is 0 Å². The van der Waals surface area contributed by atoms with Gasteiger partial charge in [-0.3, -0.25) is 0 Å². The molecule has 1 unspecified atom stereocenters. The Kier molecular flexibility index (Phi) is 3.27. The van der Waals surface area contributed by atoms with Gasteiger partial charge in [0.1, 0.15) is 0 Å². The molecule has 35 heavy (non-hydrogen) atoms. The average molecular weight is 443 g/mol. The van der Waals surface area contributed by atoms with Crippen molar-refractivity contribution in [3.8, 4) is 33.4 Å². The summed E-state index contributed by atoms with van der Waals surface area (Å²) in [6, 6.07) is 36.6. The lowest BCUT2D eigenvalue weighted by atomic mass is 9.70. The van der Waals surface area contributed by atoms with Gasteiger partial charge in [-0.05, 0) is 102 Å². The predicted molar refractivity (Wildman–Crippen MR) is 145 cm³/mol. The second-order valence-electron chi connectivity index (χ2n) is 10.4. The third kappa shape index (κ3) is 2.19. The minimum Gasteiger partial charge on any atom is -0.0619 e. The number of fused-ring (bicyclic) bond motifs is 16. The number of rotatable bonds is 0. The summed E-state index contributed by atoms with van der Waals surface area (Å²) in [5.74, 6) is 0.313. The van der Waals surface area contributed by atoms with E-state index in [1.807, 2.05) is 0 Å².